The smallest absolute Gasteiger partial charge is 0.337 e. The number of aromatic nitrogens is 1. The van der Waals surface area contributed by atoms with Gasteiger partial charge in [0.1, 0.15) is 12.3 Å². The summed E-state index contributed by atoms with van der Waals surface area (Å²) in [6, 6.07) is 10.7. The molecule has 194 valence electrons. The number of amides is 2. The highest BCUT2D eigenvalue weighted by Crippen LogP contribution is 2.34. The Balaban J connectivity index is 1.91. The summed E-state index contributed by atoms with van der Waals surface area (Å²) in [7, 11) is -4.26. The molecule has 0 aliphatic rings. The van der Waals surface area contributed by atoms with Crippen LogP contribution in [-0.4, -0.2) is 47.5 Å². The normalized spacial score (nSPS) is 12.4. The van der Waals surface area contributed by atoms with Gasteiger partial charge in [-0.2, -0.15) is 13.2 Å². The van der Waals surface area contributed by atoms with Crippen LogP contribution in [0.1, 0.15) is 33.3 Å². The maximum atomic E-state index is 13.2. The van der Waals surface area contributed by atoms with Gasteiger partial charge in [0.2, 0.25) is 11.8 Å². The topological polar surface area (TPSA) is 88.5 Å². The Kier molecular flexibility index (Phi) is 7.82. The largest absolute Gasteiger partial charge is 0.418 e. The van der Waals surface area contributed by atoms with Crippen LogP contribution in [0.25, 0.3) is 10.9 Å². The highest BCUT2D eigenvalue weighted by atomic mass is 32.2. The van der Waals surface area contributed by atoms with Crippen LogP contribution in [0.2, 0.25) is 0 Å². The van der Waals surface area contributed by atoms with Crippen molar-refractivity contribution >= 4 is 38.2 Å². The summed E-state index contributed by atoms with van der Waals surface area (Å²) in [5, 5.41) is 2.38. The number of benzene rings is 2. The van der Waals surface area contributed by atoms with Crippen molar-refractivity contribution in [3.63, 3.8) is 0 Å². The van der Waals surface area contributed by atoms with Gasteiger partial charge >= 0.3 is 6.18 Å². The van der Waals surface area contributed by atoms with Crippen LogP contribution < -0.4 is 5.32 Å². The number of nitrogens with one attached hydrogen (secondary N) is 1. The lowest BCUT2D eigenvalue weighted by Gasteiger charge is -2.31. The van der Waals surface area contributed by atoms with Gasteiger partial charge in [0, 0.05) is 29.2 Å². The molecule has 1 N–H and O–H groups in total. The van der Waals surface area contributed by atoms with Crippen molar-refractivity contribution in [1.82, 2.24) is 9.47 Å². The zero-order chi connectivity index (χ0) is 26.8. The molecule has 0 spiro atoms. The molecule has 0 saturated heterocycles. The SMILES string of the molecule is CC(C)N(C(=O)Cn1cc(S(=O)(=O)CC(=O)Nc2ccccc2C(F)(F)F)c2ccccc21)C(C)C. The van der Waals surface area contributed by atoms with Gasteiger partial charge in [-0.3, -0.25) is 9.59 Å². The highest BCUT2D eigenvalue weighted by Gasteiger charge is 2.34. The molecule has 3 aromatic rings. The molecule has 0 fully saturated rings. The molecule has 0 saturated carbocycles. The number of hydrogen-bond acceptors (Lipinski definition) is 4. The number of carbonyl (C=O) groups excluding carboxylic acids is 2. The number of anilines is 1. The van der Waals surface area contributed by atoms with Gasteiger partial charge < -0.3 is 14.8 Å². The Labute approximate surface area is 207 Å². The first-order valence-electron chi connectivity index (χ1n) is 11.3. The molecule has 0 unspecified atom stereocenters. The van der Waals surface area contributed by atoms with Gasteiger partial charge in [0.25, 0.3) is 0 Å². The second kappa shape index (κ2) is 10.3. The molecular weight excluding hydrogens is 495 g/mol. The molecule has 0 bridgehead atoms. The maximum Gasteiger partial charge on any atom is 0.418 e. The van der Waals surface area contributed by atoms with E-state index in [4.69, 9.17) is 0 Å². The average Bonchev–Trinajstić information content (AvgIpc) is 3.12. The predicted molar refractivity (Wildman–Crippen MR) is 131 cm³/mol. The molecule has 36 heavy (non-hydrogen) atoms. The number of fused-ring (bicyclic) bond motifs is 1. The number of carbonyl (C=O) groups is 2. The number of halogens is 3. The summed E-state index contributed by atoms with van der Waals surface area (Å²) < 4.78 is 67.6. The van der Waals surface area contributed by atoms with Crippen LogP contribution in [0.3, 0.4) is 0 Å². The Bertz CT molecular complexity index is 1370. The fourth-order valence-electron chi connectivity index (χ4n) is 4.27. The molecule has 2 aromatic carbocycles. The van der Waals surface area contributed by atoms with Gasteiger partial charge in [-0.1, -0.05) is 30.3 Å². The molecular formula is C25H28F3N3O4S. The van der Waals surface area contributed by atoms with Crippen molar-refractivity contribution < 1.29 is 31.2 Å². The summed E-state index contributed by atoms with van der Waals surface area (Å²) >= 11 is 0. The van der Waals surface area contributed by atoms with Crippen LogP contribution >= 0.6 is 0 Å². The van der Waals surface area contributed by atoms with Gasteiger partial charge in [-0.05, 0) is 45.9 Å². The molecule has 7 nitrogen and oxygen atoms in total. The standard InChI is InChI=1S/C25H28F3N3O4S/c1-16(2)31(17(3)4)24(33)14-30-13-22(18-9-5-8-12-21(18)30)36(34,35)15-23(32)29-20-11-7-6-10-19(20)25(26,27)28/h5-13,16-17H,14-15H2,1-4H3,(H,29,32). The number of sulfone groups is 1. The third-order valence-corrected chi connectivity index (χ3v) is 7.26. The molecule has 1 aromatic heterocycles. The van der Waals surface area contributed by atoms with Gasteiger partial charge in [-0.15, -0.1) is 0 Å². The first kappa shape index (κ1) is 27.3. The zero-order valence-electron chi connectivity index (χ0n) is 20.3. The van der Waals surface area contributed by atoms with Gasteiger partial charge in [0.15, 0.2) is 9.84 Å². The van der Waals surface area contributed by atoms with E-state index in [0.29, 0.717) is 10.9 Å². The molecule has 3 rings (SSSR count). The number of hydrogen-bond donors (Lipinski definition) is 1. The third-order valence-electron chi connectivity index (χ3n) is 5.62. The Morgan fingerprint density at radius 1 is 0.972 bits per heavy atom. The summed E-state index contributed by atoms with van der Waals surface area (Å²) in [5.41, 5.74) is -1.12. The molecule has 2 amide bonds. The van der Waals surface area contributed by atoms with Gasteiger partial charge in [0.05, 0.1) is 16.1 Å². The lowest BCUT2D eigenvalue weighted by Crippen LogP contribution is -2.43. The van der Waals surface area contributed by atoms with E-state index in [9.17, 15) is 31.2 Å². The summed E-state index contributed by atoms with van der Waals surface area (Å²) in [4.78, 5) is 27.0. The van der Waals surface area contributed by atoms with Crippen LogP contribution in [0.4, 0.5) is 18.9 Å². The van der Waals surface area contributed by atoms with Gasteiger partial charge in [-0.25, -0.2) is 8.42 Å². The van der Waals surface area contributed by atoms with Crippen molar-refractivity contribution in [2.75, 3.05) is 11.1 Å². The van der Waals surface area contributed by atoms with Crippen molar-refractivity contribution in [2.45, 2.75) is 57.4 Å². The second-order valence-corrected chi connectivity index (χ2v) is 10.9. The van der Waals surface area contributed by atoms with E-state index in [1.807, 2.05) is 27.7 Å². The van der Waals surface area contributed by atoms with Crippen LogP contribution in [0.15, 0.2) is 59.6 Å². The minimum absolute atomic E-state index is 0.0641. The summed E-state index contributed by atoms with van der Waals surface area (Å²) in [6.07, 6.45) is -3.42. The molecule has 0 atom stereocenters. The second-order valence-electron chi connectivity index (χ2n) is 8.98. The minimum atomic E-state index is -4.72. The number of rotatable bonds is 8. The van der Waals surface area contributed by atoms with E-state index in [0.717, 1.165) is 12.1 Å². The van der Waals surface area contributed by atoms with E-state index in [-0.39, 0.29) is 29.4 Å². The fraction of sp³-hybridized carbons (Fsp3) is 0.360. The van der Waals surface area contributed by atoms with Crippen LogP contribution in [0.5, 0.6) is 0 Å². The Hall–Kier alpha value is -3.34. The number of para-hydroxylation sites is 2. The number of nitrogens with zero attached hydrogens (tertiary/aromatic N) is 2. The summed E-state index contributed by atoms with van der Waals surface area (Å²) in [5.74, 6) is -2.37. The molecule has 11 heteroatoms. The fourth-order valence-corrected chi connectivity index (χ4v) is 5.64. The van der Waals surface area contributed by atoms with E-state index >= 15 is 0 Å². The van der Waals surface area contributed by atoms with E-state index in [1.54, 1.807) is 29.2 Å². The first-order chi connectivity index (χ1) is 16.7. The monoisotopic (exact) mass is 523 g/mol. The van der Waals surface area contributed by atoms with Crippen molar-refractivity contribution in [3.8, 4) is 0 Å². The van der Waals surface area contributed by atoms with Crippen molar-refractivity contribution in [3.05, 3.63) is 60.3 Å². The van der Waals surface area contributed by atoms with Crippen molar-refractivity contribution in [1.29, 1.82) is 0 Å². The molecule has 0 aliphatic heterocycles. The number of alkyl halides is 3. The quantitative estimate of drug-likeness (QED) is 0.463. The first-order valence-corrected chi connectivity index (χ1v) is 13.0. The Morgan fingerprint density at radius 2 is 1.56 bits per heavy atom. The highest BCUT2D eigenvalue weighted by molar-refractivity contribution is 7.92. The lowest BCUT2D eigenvalue weighted by molar-refractivity contribution is -0.137. The molecule has 1 heterocycles. The zero-order valence-corrected chi connectivity index (χ0v) is 21.2. The predicted octanol–water partition coefficient (Wildman–Crippen LogP) is 4.72. The van der Waals surface area contributed by atoms with E-state index in [2.05, 4.69) is 5.32 Å². The minimum Gasteiger partial charge on any atom is -0.337 e. The van der Waals surface area contributed by atoms with Crippen LogP contribution in [-0.2, 0) is 32.1 Å². The lowest BCUT2D eigenvalue weighted by atomic mass is 10.1. The van der Waals surface area contributed by atoms with Crippen LogP contribution in [0, 0.1) is 0 Å². The molecule has 0 radical (unpaired) electrons. The average molecular weight is 524 g/mol. The maximum absolute atomic E-state index is 13.2. The Morgan fingerprint density at radius 3 is 2.17 bits per heavy atom. The molecule has 0 aliphatic carbocycles. The summed E-state index contributed by atoms with van der Waals surface area (Å²) in [6.45, 7) is 7.43. The van der Waals surface area contributed by atoms with Crippen molar-refractivity contribution in [2.24, 2.45) is 0 Å². The van der Waals surface area contributed by atoms with E-state index < -0.39 is 38.9 Å². The third kappa shape index (κ3) is 5.89. The van der Waals surface area contributed by atoms with E-state index in [1.165, 1.54) is 22.9 Å².